The lowest BCUT2D eigenvalue weighted by Crippen LogP contribution is -1.77. The molecule has 0 radical (unpaired) electrons. The summed E-state index contributed by atoms with van der Waals surface area (Å²) in [5.74, 6) is 1.61. The van der Waals surface area contributed by atoms with Crippen molar-refractivity contribution in [3.8, 4) is 6.07 Å². The van der Waals surface area contributed by atoms with Crippen molar-refractivity contribution < 1.29 is 8.83 Å². The molecule has 2 aromatic rings. The summed E-state index contributed by atoms with van der Waals surface area (Å²) < 4.78 is 11.3. The molecule has 0 unspecified atom stereocenters. The van der Waals surface area contributed by atoms with Crippen molar-refractivity contribution in [3.63, 3.8) is 0 Å². The summed E-state index contributed by atoms with van der Waals surface area (Å²) in [5.41, 5.74) is 1.28. The quantitative estimate of drug-likeness (QED) is 0.789. The maximum atomic E-state index is 9.00. The molecule has 0 saturated heterocycles. The molecule has 2 rings (SSSR count). The fourth-order valence-corrected chi connectivity index (χ4v) is 1.67. The van der Waals surface area contributed by atoms with Gasteiger partial charge in [0.25, 0.3) is 0 Å². The minimum atomic E-state index is 0.315. The van der Waals surface area contributed by atoms with E-state index in [4.69, 9.17) is 14.1 Å². The molecule has 0 spiro atoms. The van der Waals surface area contributed by atoms with Crippen LogP contribution >= 0.6 is 15.9 Å². The van der Waals surface area contributed by atoms with Gasteiger partial charge in [0.2, 0.25) is 5.88 Å². The van der Waals surface area contributed by atoms with Crippen LogP contribution in [0.5, 0.6) is 0 Å². The lowest BCUT2D eigenvalue weighted by molar-refractivity contribution is 0.531. The highest BCUT2D eigenvalue weighted by Crippen LogP contribution is 2.27. The zero-order valence-corrected chi connectivity index (χ0v) is 10.9. The molecule has 0 saturated carbocycles. The number of aliphatic imine (C=N–C) groups is 1. The highest BCUT2D eigenvalue weighted by molar-refractivity contribution is 9.10. The molecule has 0 bridgehead atoms. The Hall–Kier alpha value is -1.80. The molecule has 0 aliphatic heterocycles. The number of nitrogens with zero attached hydrogens (tertiary/aromatic N) is 2. The zero-order valence-electron chi connectivity index (χ0n) is 9.32. The molecule has 2 aromatic heterocycles. The van der Waals surface area contributed by atoms with Gasteiger partial charge in [-0.25, -0.2) is 4.99 Å². The summed E-state index contributed by atoms with van der Waals surface area (Å²) in [5, 5.41) is 9.00. The van der Waals surface area contributed by atoms with Crippen LogP contribution in [0.25, 0.3) is 0 Å². The van der Waals surface area contributed by atoms with Gasteiger partial charge in [-0.2, -0.15) is 5.26 Å². The second kappa shape index (κ2) is 4.60. The van der Waals surface area contributed by atoms with Crippen molar-refractivity contribution in [1.29, 1.82) is 5.26 Å². The smallest absolute Gasteiger partial charge is 0.237 e. The van der Waals surface area contributed by atoms with Gasteiger partial charge in [-0.1, -0.05) is 0 Å². The molecule has 0 amide bonds. The van der Waals surface area contributed by atoms with E-state index in [1.807, 2.05) is 6.92 Å². The molecule has 0 N–H and O–H groups in total. The SMILES string of the molecule is Cc1oc(N=Cc2ccc(Br)o2)c(C#N)c1C. The number of aryl methyl sites for hydroxylation is 1. The minimum absolute atomic E-state index is 0.315. The average molecular weight is 293 g/mol. The highest BCUT2D eigenvalue weighted by Gasteiger charge is 2.12. The molecular formula is C12H9BrN2O2. The molecule has 0 aliphatic rings. The number of hydrogen-bond donors (Lipinski definition) is 0. The molecule has 5 heteroatoms. The van der Waals surface area contributed by atoms with Crippen LogP contribution in [-0.4, -0.2) is 6.21 Å². The Morgan fingerprint density at radius 2 is 2.12 bits per heavy atom. The number of halogens is 1. The second-order valence-electron chi connectivity index (χ2n) is 3.48. The summed E-state index contributed by atoms with van der Waals surface area (Å²) in [4.78, 5) is 4.11. The van der Waals surface area contributed by atoms with E-state index in [-0.39, 0.29) is 0 Å². The third kappa shape index (κ3) is 2.32. The molecule has 0 fully saturated rings. The lowest BCUT2D eigenvalue weighted by Gasteiger charge is -1.87. The first-order valence-electron chi connectivity index (χ1n) is 4.91. The first-order valence-corrected chi connectivity index (χ1v) is 5.70. The maximum Gasteiger partial charge on any atom is 0.237 e. The summed E-state index contributed by atoms with van der Waals surface area (Å²) in [6, 6.07) is 5.61. The molecule has 17 heavy (non-hydrogen) atoms. The van der Waals surface area contributed by atoms with Gasteiger partial charge in [0, 0.05) is 5.56 Å². The summed E-state index contributed by atoms with van der Waals surface area (Å²) in [6.07, 6.45) is 1.52. The molecule has 0 atom stereocenters. The Balaban J connectivity index is 2.34. The third-order valence-electron chi connectivity index (χ3n) is 2.38. The maximum absolute atomic E-state index is 9.00. The van der Waals surface area contributed by atoms with Gasteiger partial charge >= 0.3 is 0 Å². The highest BCUT2D eigenvalue weighted by atomic mass is 79.9. The standard InChI is InChI=1S/C12H9BrN2O2/c1-7-8(2)16-12(10(7)5-14)15-6-9-3-4-11(13)17-9/h3-4,6H,1-2H3. The normalized spacial score (nSPS) is 10.9. The van der Waals surface area contributed by atoms with E-state index in [0.29, 0.717) is 27.6 Å². The molecule has 0 aromatic carbocycles. The van der Waals surface area contributed by atoms with Crippen molar-refractivity contribution >= 4 is 28.0 Å². The lowest BCUT2D eigenvalue weighted by atomic mass is 10.2. The molecule has 2 heterocycles. The number of hydrogen-bond acceptors (Lipinski definition) is 4. The predicted octanol–water partition coefficient (Wildman–Crippen LogP) is 3.87. The number of furan rings is 2. The van der Waals surface area contributed by atoms with Crippen LogP contribution in [0, 0.1) is 25.2 Å². The minimum Gasteiger partial charge on any atom is -0.448 e. The van der Waals surface area contributed by atoms with Gasteiger partial charge in [-0.05, 0) is 41.9 Å². The van der Waals surface area contributed by atoms with Crippen molar-refractivity contribution in [2.75, 3.05) is 0 Å². The first-order chi connectivity index (χ1) is 8.11. The van der Waals surface area contributed by atoms with Crippen LogP contribution in [-0.2, 0) is 0 Å². The Labute approximate surface area is 107 Å². The van der Waals surface area contributed by atoms with Gasteiger partial charge in [-0.15, -0.1) is 0 Å². The molecule has 86 valence electrons. The van der Waals surface area contributed by atoms with Crippen molar-refractivity contribution in [2.24, 2.45) is 4.99 Å². The van der Waals surface area contributed by atoms with Gasteiger partial charge < -0.3 is 8.83 Å². The summed E-state index contributed by atoms with van der Waals surface area (Å²) in [7, 11) is 0. The monoisotopic (exact) mass is 292 g/mol. The van der Waals surface area contributed by atoms with Crippen LogP contribution in [0.1, 0.15) is 22.6 Å². The van der Waals surface area contributed by atoms with E-state index < -0.39 is 0 Å². The van der Waals surface area contributed by atoms with Crippen LogP contribution in [0.4, 0.5) is 5.88 Å². The number of rotatable bonds is 2. The van der Waals surface area contributed by atoms with Crippen molar-refractivity contribution in [3.05, 3.63) is 39.4 Å². The van der Waals surface area contributed by atoms with E-state index in [2.05, 4.69) is 27.0 Å². The summed E-state index contributed by atoms with van der Waals surface area (Å²) >= 11 is 3.20. The third-order valence-corrected chi connectivity index (χ3v) is 2.81. The largest absolute Gasteiger partial charge is 0.448 e. The number of nitriles is 1. The van der Waals surface area contributed by atoms with Crippen LogP contribution < -0.4 is 0 Å². The van der Waals surface area contributed by atoms with Crippen molar-refractivity contribution in [1.82, 2.24) is 0 Å². The van der Waals surface area contributed by atoms with Crippen molar-refractivity contribution in [2.45, 2.75) is 13.8 Å². The second-order valence-corrected chi connectivity index (χ2v) is 4.26. The predicted molar refractivity (Wildman–Crippen MR) is 66.6 cm³/mol. The summed E-state index contributed by atoms with van der Waals surface area (Å²) in [6.45, 7) is 3.64. The molecule has 0 aliphatic carbocycles. The average Bonchev–Trinajstić information content (AvgIpc) is 2.82. The van der Waals surface area contributed by atoms with E-state index in [1.165, 1.54) is 6.21 Å². The molecular weight excluding hydrogens is 284 g/mol. The van der Waals surface area contributed by atoms with Gasteiger partial charge in [-0.3, -0.25) is 0 Å². The fraction of sp³-hybridized carbons (Fsp3) is 0.167. The van der Waals surface area contributed by atoms with Gasteiger partial charge in [0.15, 0.2) is 4.67 Å². The Morgan fingerprint density at radius 1 is 1.35 bits per heavy atom. The van der Waals surface area contributed by atoms with Gasteiger partial charge in [0.05, 0.1) is 6.21 Å². The van der Waals surface area contributed by atoms with E-state index in [9.17, 15) is 0 Å². The van der Waals surface area contributed by atoms with E-state index in [0.717, 1.165) is 5.56 Å². The van der Waals surface area contributed by atoms with Crippen LogP contribution in [0.2, 0.25) is 0 Å². The zero-order chi connectivity index (χ0) is 12.4. The topological polar surface area (TPSA) is 62.4 Å². The Bertz CT molecular complexity index is 617. The Kier molecular flexibility index (Phi) is 3.16. The first kappa shape index (κ1) is 11.7. The fourth-order valence-electron chi connectivity index (χ4n) is 1.35. The van der Waals surface area contributed by atoms with E-state index >= 15 is 0 Å². The van der Waals surface area contributed by atoms with E-state index in [1.54, 1.807) is 19.1 Å². The van der Waals surface area contributed by atoms with Crippen LogP contribution in [0.15, 0.2) is 30.6 Å². The Morgan fingerprint density at radius 3 is 2.71 bits per heavy atom. The van der Waals surface area contributed by atoms with Crippen LogP contribution in [0.3, 0.4) is 0 Å². The van der Waals surface area contributed by atoms with Gasteiger partial charge in [0.1, 0.15) is 23.2 Å². The molecule has 4 nitrogen and oxygen atoms in total.